The molecule has 1 aromatic rings. The van der Waals surface area contributed by atoms with Crippen LogP contribution < -0.4 is 10.5 Å². The van der Waals surface area contributed by atoms with E-state index in [0.717, 1.165) is 22.5 Å². The van der Waals surface area contributed by atoms with Crippen LogP contribution in [0.5, 0.6) is 0 Å². The van der Waals surface area contributed by atoms with Gasteiger partial charge in [-0.05, 0) is 11.1 Å². The van der Waals surface area contributed by atoms with Gasteiger partial charge in [0.25, 0.3) is 0 Å². The zero-order chi connectivity index (χ0) is 15.2. The van der Waals surface area contributed by atoms with E-state index in [9.17, 15) is 13.2 Å². The van der Waals surface area contributed by atoms with Gasteiger partial charge in [-0.1, -0.05) is 31.2 Å². The summed E-state index contributed by atoms with van der Waals surface area (Å²) in [7, 11) is -2.84. The van der Waals surface area contributed by atoms with Crippen molar-refractivity contribution < 1.29 is 17.9 Å². The van der Waals surface area contributed by atoms with Crippen molar-refractivity contribution in [3.05, 3.63) is 35.4 Å². The fourth-order valence-corrected chi connectivity index (χ4v) is 2.75. The molecule has 0 heterocycles. The average molecular weight is 301 g/mol. The molecule has 0 fully saturated rings. The lowest BCUT2D eigenvalue weighted by atomic mass is 10.1. The molecular weight excluding hydrogens is 282 g/mol. The van der Waals surface area contributed by atoms with Crippen molar-refractivity contribution in [2.45, 2.75) is 20.0 Å². The number of ether oxygens (including phenoxy) is 1. The molecule has 7 nitrogen and oxygen atoms in total. The van der Waals surface area contributed by atoms with E-state index < -0.39 is 16.3 Å². The maximum Gasteiger partial charge on any atom is 0.421 e. The summed E-state index contributed by atoms with van der Waals surface area (Å²) in [5.74, 6) is 0. The van der Waals surface area contributed by atoms with Gasteiger partial charge in [-0.15, -0.1) is 0 Å². The van der Waals surface area contributed by atoms with Crippen LogP contribution in [-0.2, 0) is 28.0 Å². The summed E-state index contributed by atoms with van der Waals surface area (Å²) in [5.41, 5.74) is 7.28. The second-order valence-electron chi connectivity index (χ2n) is 4.00. The molecule has 0 aliphatic heterocycles. The number of methoxy groups -OCH3 is 1. The predicted molar refractivity (Wildman–Crippen MR) is 74.9 cm³/mol. The first-order valence-corrected chi connectivity index (χ1v) is 7.51. The number of amides is 1. The Morgan fingerprint density at radius 3 is 2.45 bits per heavy atom. The van der Waals surface area contributed by atoms with E-state index in [1.807, 2.05) is 22.9 Å². The van der Waals surface area contributed by atoms with Crippen LogP contribution in [0.2, 0.25) is 0 Å². The SMILES string of the molecule is CCN(Cc1ccccc1CN)S(=O)(=O)NC(=O)OC. The number of carbonyl (C=O) groups excluding carboxylic acids is 1. The van der Waals surface area contributed by atoms with Gasteiger partial charge in [0.2, 0.25) is 0 Å². The van der Waals surface area contributed by atoms with Crippen molar-refractivity contribution in [2.24, 2.45) is 5.73 Å². The minimum absolute atomic E-state index is 0.135. The largest absolute Gasteiger partial charge is 0.452 e. The first kappa shape index (κ1) is 16.4. The van der Waals surface area contributed by atoms with Gasteiger partial charge in [0.1, 0.15) is 0 Å². The smallest absolute Gasteiger partial charge is 0.421 e. The van der Waals surface area contributed by atoms with Gasteiger partial charge in [0.15, 0.2) is 0 Å². The van der Waals surface area contributed by atoms with Gasteiger partial charge >= 0.3 is 16.3 Å². The van der Waals surface area contributed by atoms with E-state index in [0.29, 0.717) is 6.54 Å². The lowest BCUT2D eigenvalue weighted by molar-refractivity contribution is 0.177. The summed E-state index contributed by atoms with van der Waals surface area (Å²) >= 11 is 0. The first-order chi connectivity index (χ1) is 9.44. The van der Waals surface area contributed by atoms with Crippen molar-refractivity contribution in [3.63, 3.8) is 0 Å². The van der Waals surface area contributed by atoms with Crippen molar-refractivity contribution >= 4 is 16.3 Å². The van der Waals surface area contributed by atoms with Crippen LogP contribution in [0.15, 0.2) is 24.3 Å². The number of nitrogens with one attached hydrogen (secondary N) is 1. The van der Waals surface area contributed by atoms with E-state index in [-0.39, 0.29) is 13.1 Å². The van der Waals surface area contributed by atoms with Gasteiger partial charge in [-0.25, -0.2) is 9.52 Å². The molecule has 0 spiro atoms. The summed E-state index contributed by atoms with van der Waals surface area (Å²) in [6.07, 6.45) is -1.02. The zero-order valence-electron chi connectivity index (χ0n) is 11.5. The lowest BCUT2D eigenvalue weighted by Gasteiger charge is -2.21. The zero-order valence-corrected chi connectivity index (χ0v) is 12.3. The summed E-state index contributed by atoms with van der Waals surface area (Å²) in [6, 6.07) is 7.29. The van der Waals surface area contributed by atoms with Crippen LogP contribution >= 0.6 is 0 Å². The molecule has 1 rings (SSSR count). The Bertz CT molecular complexity index is 560. The molecule has 0 bridgehead atoms. The molecule has 0 aliphatic rings. The Morgan fingerprint density at radius 1 is 1.35 bits per heavy atom. The molecule has 1 amide bonds. The number of nitrogens with two attached hydrogens (primary N) is 1. The molecule has 3 N–H and O–H groups in total. The minimum Gasteiger partial charge on any atom is -0.452 e. The van der Waals surface area contributed by atoms with E-state index in [1.54, 1.807) is 13.0 Å². The van der Waals surface area contributed by atoms with Gasteiger partial charge in [0, 0.05) is 19.6 Å². The van der Waals surface area contributed by atoms with Crippen LogP contribution in [0.25, 0.3) is 0 Å². The number of hydrogen-bond donors (Lipinski definition) is 2. The van der Waals surface area contributed by atoms with Crippen molar-refractivity contribution in [1.29, 1.82) is 0 Å². The third-order valence-electron chi connectivity index (χ3n) is 2.78. The maximum atomic E-state index is 12.0. The van der Waals surface area contributed by atoms with Gasteiger partial charge < -0.3 is 10.5 Å². The second-order valence-corrected chi connectivity index (χ2v) is 5.67. The molecule has 0 atom stereocenters. The maximum absolute atomic E-state index is 12.0. The van der Waals surface area contributed by atoms with E-state index in [2.05, 4.69) is 4.74 Å². The van der Waals surface area contributed by atoms with Crippen LogP contribution in [-0.4, -0.2) is 32.5 Å². The van der Waals surface area contributed by atoms with Gasteiger partial charge in [-0.2, -0.15) is 12.7 Å². The minimum atomic E-state index is -3.94. The predicted octanol–water partition coefficient (Wildman–Crippen LogP) is 0.568. The Labute approximate surface area is 118 Å². The number of hydrogen-bond acceptors (Lipinski definition) is 5. The van der Waals surface area contributed by atoms with Gasteiger partial charge in [0.05, 0.1) is 7.11 Å². The molecule has 1 aromatic carbocycles. The van der Waals surface area contributed by atoms with E-state index in [4.69, 9.17) is 5.73 Å². The summed E-state index contributed by atoms with van der Waals surface area (Å²) in [5, 5.41) is 0. The standard InChI is InChI=1S/C12H19N3O4S/c1-3-15(20(17,18)14-12(16)19-2)9-11-7-5-4-6-10(11)8-13/h4-7H,3,8-9,13H2,1-2H3,(H,14,16). The van der Waals surface area contributed by atoms with Crippen LogP contribution in [0.1, 0.15) is 18.1 Å². The highest BCUT2D eigenvalue weighted by Crippen LogP contribution is 2.13. The first-order valence-electron chi connectivity index (χ1n) is 6.07. The van der Waals surface area contributed by atoms with Crippen LogP contribution in [0.3, 0.4) is 0 Å². The molecule has 0 saturated carbocycles. The number of nitrogens with zero attached hydrogens (tertiary/aromatic N) is 1. The number of carbonyl (C=O) groups is 1. The normalized spacial score (nSPS) is 11.4. The Hall–Kier alpha value is -1.64. The van der Waals surface area contributed by atoms with Crippen molar-refractivity contribution in [3.8, 4) is 0 Å². The molecule has 0 radical (unpaired) electrons. The molecule has 0 unspecified atom stereocenters. The summed E-state index contributed by atoms with van der Waals surface area (Å²) in [4.78, 5) is 11.1. The highest BCUT2D eigenvalue weighted by molar-refractivity contribution is 7.87. The molecule has 8 heteroatoms. The molecule has 0 saturated heterocycles. The summed E-state index contributed by atoms with van der Waals surface area (Å²) in [6.45, 7) is 2.35. The highest BCUT2D eigenvalue weighted by Gasteiger charge is 2.23. The van der Waals surface area contributed by atoms with Gasteiger partial charge in [-0.3, -0.25) is 0 Å². The fraction of sp³-hybridized carbons (Fsp3) is 0.417. The lowest BCUT2D eigenvalue weighted by Crippen LogP contribution is -2.43. The topological polar surface area (TPSA) is 102 Å². The third-order valence-corrected chi connectivity index (χ3v) is 4.27. The second kappa shape index (κ2) is 7.22. The Morgan fingerprint density at radius 2 is 1.95 bits per heavy atom. The molecule has 0 aliphatic carbocycles. The van der Waals surface area contributed by atoms with Crippen molar-refractivity contribution in [2.75, 3.05) is 13.7 Å². The van der Waals surface area contributed by atoms with Crippen LogP contribution in [0.4, 0.5) is 4.79 Å². The fourth-order valence-electron chi connectivity index (χ4n) is 1.68. The quantitative estimate of drug-likeness (QED) is 0.799. The third kappa shape index (κ3) is 4.19. The molecule has 0 aromatic heterocycles. The summed E-state index contributed by atoms with van der Waals surface area (Å²) < 4.78 is 31.3. The highest BCUT2D eigenvalue weighted by atomic mass is 32.2. The molecular formula is C12H19N3O4S. The molecule has 112 valence electrons. The number of rotatable bonds is 6. The Kier molecular flexibility index (Phi) is 5.93. The molecule has 20 heavy (non-hydrogen) atoms. The van der Waals surface area contributed by atoms with Crippen LogP contribution in [0, 0.1) is 0 Å². The van der Waals surface area contributed by atoms with E-state index >= 15 is 0 Å². The number of benzene rings is 1. The monoisotopic (exact) mass is 301 g/mol. The Balaban J connectivity index is 2.94. The van der Waals surface area contributed by atoms with Crippen molar-refractivity contribution in [1.82, 2.24) is 9.03 Å². The van der Waals surface area contributed by atoms with E-state index in [1.165, 1.54) is 0 Å². The average Bonchev–Trinajstić information content (AvgIpc) is 2.44.